The highest BCUT2D eigenvalue weighted by molar-refractivity contribution is 5.27. The lowest BCUT2D eigenvalue weighted by atomic mass is 10.4. The van der Waals surface area contributed by atoms with Gasteiger partial charge in [-0.25, -0.2) is 9.97 Å². The van der Waals surface area contributed by atoms with Gasteiger partial charge in [0.25, 0.3) is 0 Å². The van der Waals surface area contributed by atoms with E-state index in [9.17, 15) is 0 Å². The molecule has 0 atom stereocenters. The van der Waals surface area contributed by atoms with Gasteiger partial charge in [0.2, 0.25) is 0 Å². The van der Waals surface area contributed by atoms with Crippen LogP contribution in [0.4, 0.5) is 5.82 Å². The number of aromatic nitrogens is 2. The van der Waals surface area contributed by atoms with Gasteiger partial charge in [-0.1, -0.05) is 0 Å². The SMILES string of the molecule is CNCc1cc(N)ncn1. The zero-order chi connectivity index (χ0) is 7.40. The Morgan fingerprint density at radius 2 is 2.40 bits per heavy atom. The maximum atomic E-state index is 5.41. The Hall–Kier alpha value is -1.16. The van der Waals surface area contributed by atoms with Gasteiger partial charge in [-0.05, 0) is 7.05 Å². The van der Waals surface area contributed by atoms with Crippen molar-refractivity contribution in [2.75, 3.05) is 12.8 Å². The van der Waals surface area contributed by atoms with Crippen LogP contribution in [-0.4, -0.2) is 17.0 Å². The van der Waals surface area contributed by atoms with Gasteiger partial charge >= 0.3 is 0 Å². The molecule has 4 heteroatoms. The molecule has 0 aliphatic heterocycles. The third-order valence-corrected chi connectivity index (χ3v) is 1.10. The van der Waals surface area contributed by atoms with Gasteiger partial charge in [0.1, 0.15) is 12.1 Å². The first-order valence-corrected chi connectivity index (χ1v) is 3.04. The molecular formula is C6H10N4. The van der Waals surface area contributed by atoms with Crippen LogP contribution >= 0.6 is 0 Å². The molecule has 0 aliphatic rings. The van der Waals surface area contributed by atoms with Crippen LogP contribution in [0.1, 0.15) is 5.69 Å². The third kappa shape index (κ3) is 1.66. The predicted molar refractivity (Wildman–Crippen MR) is 39.2 cm³/mol. The number of anilines is 1. The van der Waals surface area contributed by atoms with E-state index < -0.39 is 0 Å². The second-order valence-corrected chi connectivity index (χ2v) is 1.96. The quantitative estimate of drug-likeness (QED) is 0.593. The molecule has 0 bridgehead atoms. The number of hydrogen-bond acceptors (Lipinski definition) is 4. The number of nitrogens with zero attached hydrogens (tertiary/aromatic N) is 2. The molecule has 0 radical (unpaired) electrons. The van der Waals surface area contributed by atoms with Crippen molar-refractivity contribution in [3.05, 3.63) is 18.1 Å². The average molecular weight is 138 g/mol. The van der Waals surface area contributed by atoms with Crippen molar-refractivity contribution in [3.63, 3.8) is 0 Å². The number of nitrogen functional groups attached to an aromatic ring is 1. The molecule has 0 aromatic carbocycles. The minimum Gasteiger partial charge on any atom is -0.384 e. The van der Waals surface area contributed by atoms with Gasteiger partial charge in [-0.3, -0.25) is 0 Å². The van der Waals surface area contributed by atoms with Crippen LogP contribution in [0.3, 0.4) is 0 Å². The summed E-state index contributed by atoms with van der Waals surface area (Å²) in [5, 5.41) is 2.97. The summed E-state index contributed by atoms with van der Waals surface area (Å²) in [5.41, 5.74) is 6.32. The monoisotopic (exact) mass is 138 g/mol. The van der Waals surface area contributed by atoms with E-state index in [1.165, 1.54) is 6.33 Å². The molecule has 54 valence electrons. The Kier molecular flexibility index (Phi) is 2.17. The van der Waals surface area contributed by atoms with Crippen LogP contribution in [0.15, 0.2) is 12.4 Å². The Morgan fingerprint density at radius 1 is 1.60 bits per heavy atom. The molecule has 0 saturated carbocycles. The van der Waals surface area contributed by atoms with Crippen LogP contribution in [0.25, 0.3) is 0 Å². The highest BCUT2D eigenvalue weighted by atomic mass is 14.9. The first kappa shape index (κ1) is 6.95. The largest absolute Gasteiger partial charge is 0.384 e. The van der Waals surface area contributed by atoms with Gasteiger partial charge < -0.3 is 11.1 Å². The van der Waals surface area contributed by atoms with Crippen molar-refractivity contribution in [2.24, 2.45) is 0 Å². The number of hydrogen-bond donors (Lipinski definition) is 2. The van der Waals surface area contributed by atoms with Crippen LogP contribution < -0.4 is 11.1 Å². The van der Waals surface area contributed by atoms with Gasteiger partial charge in [-0.15, -0.1) is 0 Å². The van der Waals surface area contributed by atoms with Gasteiger partial charge in [0.05, 0.1) is 5.69 Å². The first-order chi connectivity index (χ1) is 4.83. The molecule has 0 amide bonds. The molecule has 0 fully saturated rings. The fourth-order valence-electron chi connectivity index (χ4n) is 0.693. The minimum absolute atomic E-state index is 0.514. The molecule has 0 saturated heterocycles. The fourth-order valence-corrected chi connectivity index (χ4v) is 0.693. The van der Waals surface area contributed by atoms with E-state index in [1.807, 2.05) is 7.05 Å². The van der Waals surface area contributed by atoms with Crippen LogP contribution in [0, 0.1) is 0 Å². The van der Waals surface area contributed by atoms with E-state index in [4.69, 9.17) is 5.73 Å². The normalized spacial score (nSPS) is 9.70. The highest BCUT2D eigenvalue weighted by Gasteiger charge is 1.91. The molecule has 10 heavy (non-hydrogen) atoms. The Morgan fingerprint density at radius 3 is 3.00 bits per heavy atom. The Balaban J connectivity index is 2.75. The second kappa shape index (κ2) is 3.12. The van der Waals surface area contributed by atoms with Crippen molar-refractivity contribution in [1.29, 1.82) is 0 Å². The fraction of sp³-hybridized carbons (Fsp3) is 0.333. The second-order valence-electron chi connectivity index (χ2n) is 1.96. The number of nitrogens with two attached hydrogens (primary N) is 1. The van der Waals surface area contributed by atoms with Crippen LogP contribution in [-0.2, 0) is 6.54 Å². The van der Waals surface area contributed by atoms with E-state index in [1.54, 1.807) is 6.07 Å². The molecule has 0 unspecified atom stereocenters. The van der Waals surface area contributed by atoms with Crippen LogP contribution in [0.2, 0.25) is 0 Å². The molecule has 1 rings (SSSR count). The van der Waals surface area contributed by atoms with Crippen molar-refractivity contribution in [1.82, 2.24) is 15.3 Å². The summed E-state index contributed by atoms with van der Waals surface area (Å²) in [4.78, 5) is 7.74. The molecule has 1 heterocycles. The summed E-state index contributed by atoms with van der Waals surface area (Å²) in [6.45, 7) is 0.729. The summed E-state index contributed by atoms with van der Waals surface area (Å²) in [5.74, 6) is 0.514. The molecule has 3 N–H and O–H groups in total. The van der Waals surface area contributed by atoms with Crippen molar-refractivity contribution in [2.45, 2.75) is 6.54 Å². The summed E-state index contributed by atoms with van der Waals surface area (Å²) in [7, 11) is 1.86. The van der Waals surface area contributed by atoms with E-state index in [0.29, 0.717) is 5.82 Å². The van der Waals surface area contributed by atoms with Gasteiger partial charge in [0, 0.05) is 12.6 Å². The zero-order valence-electron chi connectivity index (χ0n) is 5.83. The van der Waals surface area contributed by atoms with E-state index in [0.717, 1.165) is 12.2 Å². The lowest BCUT2D eigenvalue weighted by molar-refractivity contribution is 0.787. The average Bonchev–Trinajstić information content (AvgIpc) is 1.88. The smallest absolute Gasteiger partial charge is 0.127 e. The van der Waals surface area contributed by atoms with Crippen molar-refractivity contribution < 1.29 is 0 Å². The highest BCUT2D eigenvalue weighted by Crippen LogP contribution is 1.96. The third-order valence-electron chi connectivity index (χ3n) is 1.10. The topological polar surface area (TPSA) is 63.8 Å². The van der Waals surface area contributed by atoms with E-state index >= 15 is 0 Å². The van der Waals surface area contributed by atoms with Crippen molar-refractivity contribution >= 4 is 5.82 Å². The first-order valence-electron chi connectivity index (χ1n) is 3.04. The maximum Gasteiger partial charge on any atom is 0.127 e. The van der Waals surface area contributed by atoms with Crippen molar-refractivity contribution in [3.8, 4) is 0 Å². The molecule has 0 spiro atoms. The summed E-state index contributed by atoms with van der Waals surface area (Å²) < 4.78 is 0. The molecular weight excluding hydrogens is 128 g/mol. The Bertz CT molecular complexity index is 211. The Labute approximate surface area is 59.5 Å². The van der Waals surface area contributed by atoms with Gasteiger partial charge in [0.15, 0.2) is 0 Å². The standard InChI is InChI=1S/C6H10N4/c1-8-3-5-2-6(7)10-4-9-5/h2,4,8H,3H2,1H3,(H2,7,9,10). The van der Waals surface area contributed by atoms with E-state index in [-0.39, 0.29) is 0 Å². The van der Waals surface area contributed by atoms with E-state index in [2.05, 4.69) is 15.3 Å². The molecule has 1 aromatic rings. The zero-order valence-corrected chi connectivity index (χ0v) is 5.83. The van der Waals surface area contributed by atoms with Gasteiger partial charge in [-0.2, -0.15) is 0 Å². The number of nitrogens with one attached hydrogen (secondary N) is 1. The lowest BCUT2D eigenvalue weighted by Crippen LogP contribution is -2.07. The summed E-state index contributed by atoms with van der Waals surface area (Å²) in [6.07, 6.45) is 1.46. The molecule has 0 aliphatic carbocycles. The minimum atomic E-state index is 0.514. The summed E-state index contributed by atoms with van der Waals surface area (Å²) in [6, 6.07) is 1.75. The summed E-state index contributed by atoms with van der Waals surface area (Å²) >= 11 is 0. The molecule has 4 nitrogen and oxygen atoms in total. The lowest BCUT2D eigenvalue weighted by Gasteiger charge is -1.97. The predicted octanol–water partition coefficient (Wildman–Crippen LogP) is -0.222. The molecule has 1 aromatic heterocycles. The number of rotatable bonds is 2. The maximum absolute atomic E-state index is 5.41. The van der Waals surface area contributed by atoms with Crippen LogP contribution in [0.5, 0.6) is 0 Å².